The summed E-state index contributed by atoms with van der Waals surface area (Å²) in [6, 6.07) is 12.1. The Morgan fingerprint density at radius 2 is 1.80 bits per heavy atom. The van der Waals surface area contributed by atoms with Gasteiger partial charge in [-0.2, -0.15) is 0 Å². The molecule has 2 aromatic carbocycles. The fourth-order valence-corrected chi connectivity index (χ4v) is 1.76. The van der Waals surface area contributed by atoms with Gasteiger partial charge in [-0.1, -0.05) is 12.1 Å². The van der Waals surface area contributed by atoms with Crippen molar-refractivity contribution in [2.45, 2.75) is 6.42 Å². The highest BCUT2D eigenvalue weighted by molar-refractivity contribution is 5.95. The van der Waals surface area contributed by atoms with E-state index in [4.69, 9.17) is 5.73 Å². The highest BCUT2D eigenvalue weighted by Crippen LogP contribution is 2.10. The van der Waals surface area contributed by atoms with Crippen LogP contribution in [0.15, 0.2) is 48.5 Å². The van der Waals surface area contributed by atoms with E-state index in [-0.39, 0.29) is 18.1 Å². The molecule has 2 rings (SSSR count). The minimum Gasteiger partial charge on any atom is -0.366 e. The molecule has 20 heavy (non-hydrogen) atoms. The van der Waals surface area contributed by atoms with Crippen LogP contribution in [-0.4, -0.2) is 11.8 Å². The molecule has 4 nitrogen and oxygen atoms in total. The van der Waals surface area contributed by atoms with Crippen LogP contribution in [-0.2, 0) is 11.2 Å². The first-order valence-corrected chi connectivity index (χ1v) is 5.99. The zero-order chi connectivity index (χ0) is 14.5. The lowest BCUT2D eigenvalue weighted by atomic mass is 10.1. The van der Waals surface area contributed by atoms with E-state index >= 15 is 0 Å². The lowest BCUT2D eigenvalue weighted by Gasteiger charge is -2.06. The summed E-state index contributed by atoms with van der Waals surface area (Å²) in [7, 11) is 0. The van der Waals surface area contributed by atoms with Crippen molar-refractivity contribution in [2.24, 2.45) is 5.73 Å². The molecular formula is C15H13FN2O2. The molecule has 0 spiro atoms. The number of carbonyl (C=O) groups excluding carboxylic acids is 2. The van der Waals surface area contributed by atoms with Crippen LogP contribution in [0.4, 0.5) is 10.1 Å². The first kappa shape index (κ1) is 13.7. The summed E-state index contributed by atoms with van der Waals surface area (Å²) >= 11 is 0. The topological polar surface area (TPSA) is 72.2 Å². The van der Waals surface area contributed by atoms with Crippen molar-refractivity contribution >= 4 is 17.5 Å². The number of amides is 2. The molecule has 0 aliphatic carbocycles. The molecular weight excluding hydrogens is 259 g/mol. The zero-order valence-electron chi connectivity index (χ0n) is 10.6. The third kappa shape index (κ3) is 3.65. The zero-order valence-corrected chi connectivity index (χ0v) is 10.6. The van der Waals surface area contributed by atoms with Gasteiger partial charge in [-0.3, -0.25) is 9.59 Å². The van der Waals surface area contributed by atoms with Crippen LogP contribution < -0.4 is 11.1 Å². The Labute approximate surface area is 115 Å². The molecule has 0 saturated heterocycles. The van der Waals surface area contributed by atoms with E-state index in [0.717, 1.165) is 0 Å². The van der Waals surface area contributed by atoms with Crippen molar-refractivity contribution in [1.29, 1.82) is 0 Å². The van der Waals surface area contributed by atoms with Crippen molar-refractivity contribution < 1.29 is 14.0 Å². The summed E-state index contributed by atoms with van der Waals surface area (Å²) in [5.41, 5.74) is 6.63. The van der Waals surface area contributed by atoms with Crippen LogP contribution in [0.5, 0.6) is 0 Å². The molecule has 0 atom stereocenters. The average molecular weight is 272 g/mol. The number of halogens is 1. The molecule has 0 aliphatic rings. The van der Waals surface area contributed by atoms with Crippen LogP contribution in [0.25, 0.3) is 0 Å². The Kier molecular flexibility index (Phi) is 4.10. The van der Waals surface area contributed by atoms with Gasteiger partial charge < -0.3 is 11.1 Å². The van der Waals surface area contributed by atoms with E-state index in [0.29, 0.717) is 16.8 Å². The summed E-state index contributed by atoms with van der Waals surface area (Å²) in [4.78, 5) is 22.7. The standard InChI is InChI=1S/C15H13FN2O2/c16-12-3-1-2-10(8-12)9-14(19)18-13-6-4-11(5-7-13)15(17)20/h1-8H,9H2,(H2,17,20)(H,18,19). The highest BCUT2D eigenvalue weighted by Gasteiger charge is 2.06. The number of nitrogens with two attached hydrogens (primary N) is 1. The third-order valence-corrected chi connectivity index (χ3v) is 2.71. The minimum atomic E-state index is -0.525. The molecule has 0 heterocycles. The second-order valence-electron chi connectivity index (χ2n) is 4.30. The van der Waals surface area contributed by atoms with Crippen molar-refractivity contribution in [3.8, 4) is 0 Å². The number of benzene rings is 2. The Bertz CT molecular complexity index is 639. The SMILES string of the molecule is NC(=O)c1ccc(NC(=O)Cc2cccc(F)c2)cc1. The Morgan fingerprint density at radius 3 is 2.40 bits per heavy atom. The van der Waals surface area contributed by atoms with Crippen LogP contribution >= 0.6 is 0 Å². The van der Waals surface area contributed by atoms with Gasteiger partial charge in [0.15, 0.2) is 0 Å². The van der Waals surface area contributed by atoms with Gasteiger partial charge in [0.25, 0.3) is 0 Å². The van der Waals surface area contributed by atoms with Gasteiger partial charge in [-0.05, 0) is 42.0 Å². The molecule has 0 bridgehead atoms. The Balaban J connectivity index is 1.99. The maximum atomic E-state index is 13.0. The number of anilines is 1. The minimum absolute atomic E-state index is 0.0787. The van der Waals surface area contributed by atoms with E-state index in [2.05, 4.69) is 5.32 Å². The average Bonchev–Trinajstić information content (AvgIpc) is 2.39. The summed E-state index contributed by atoms with van der Waals surface area (Å²) in [6.07, 6.45) is 0.0787. The number of nitrogens with one attached hydrogen (secondary N) is 1. The lowest BCUT2D eigenvalue weighted by molar-refractivity contribution is -0.115. The van der Waals surface area contributed by atoms with Crippen LogP contribution in [0.3, 0.4) is 0 Å². The molecule has 0 unspecified atom stereocenters. The molecule has 3 N–H and O–H groups in total. The maximum absolute atomic E-state index is 13.0. The molecule has 0 fully saturated rings. The molecule has 2 amide bonds. The predicted octanol–water partition coefficient (Wildman–Crippen LogP) is 2.11. The van der Waals surface area contributed by atoms with Crippen molar-refractivity contribution in [2.75, 3.05) is 5.32 Å². The maximum Gasteiger partial charge on any atom is 0.248 e. The molecule has 0 aromatic heterocycles. The van der Waals surface area contributed by atoms with E-state index in [1.807, 2.05) is 0 Å². The number of hydrogen-bond acceptors (Lipinski definition) is 2. The van der Waals surface area contributed by atoms with Gasteiger partial charge >= 0.3 is 0 Å². The molecule has 0 radical (unpaired) electrons. The number of rotatable bonds is 4. The van der Waals surface area contributed by atoms with Crippen LogP contribution in [0.1, 0.15) is 15.9 Å². The fourth-order valence-electron chi connectivity index (χ4n) is 1.76. The highest BCUT2D eigenvalue weighted by atomic mass is 19.1. The quantitative estimate of drug-likeness (QED) is 0.894. The van der Waals surface area contributed by atoms with Crippen molar-refractivity contribution in [1.82, 2.24) is 0 Å². The number of carbonyl (C=O) groups is 2. The van der Waals surface area contributed by atoms with Crippen molar-refractivity contribution in [3.63, 3.8) is 0 Å². The second kappa shape index (κ2) is 5.97. The van der Waals surface area contributed by atoms with Gasteiger partial charge in [0.05, 0.1) is 6.42 Å². The van der Waals surface area contributed by atoms with Gasteiger partial charge in [0, 0.05) is 11.3 Å². The lowest BCUT2D eigenvalue weighted by Crippen LogP contribution is -2.15. The summed E-state index contributed by atoms with van der Waals surface area (Å²) < 4.78 is 13.0. The fraction of sp³-hybridized carbons (Fsp3) is 0.0667. The monoisotopic (exact) mass is 272 g/mol. The Morgan fingerprint density at radius 1 is 1.10 bits per heavy atom. The van der Waals surface area contributed by atoms with Gasteiger partial charge in [-0.15, -0.1) is 0 Å². The predicted molar refractivity (Wildman–Crippen MR) is 73.7 cm³/mol. The second-order valence-corrected chi connectivity index (χ2v) is 4.30. The van der Waals surface area contributed by atoms with Gasteiger partial charge in [0.1, 0.15) is 5.82 Å². The van der Waals surface area contributed by atoms with Gasteiger partial charge in [0.2, 0.25) is 11.8 Å². The first-order valence-electron chi connectivity index (χ1n) is 5.99. The molecule has 5 heteroatoms. The number of primary amides is 1. The van der Waals surface area contributed by atoms with Crippen LogP contribution in [0, 0.1) is 5.82 Å². The molecule has 2 aromatic rings. The third-order valence-electron chi connectivity index (χ3n) is 2.71. The van der Waals surface area contributed by atoms with Crippen molar-refractivity contribution in [3.05, 3.63) is 65.5 Å². The molecule has 102 valence electrons. The molecule has 0 aliphatic heterocycles. The van der Waals surface area contributed by atoms with Gasteiger partial charge in [-0.25, -0.2) is 4.39 Å². The first-order chi connectivity index (χ1) is 9.54. The van der Waals surface area contributed by atoms with E-state index in [9.17, 15) is 14.0 Å². The van der Waals surface area contributed by atoms with E-state index < -0.39 is 5.91 Å². The largest absolute Gasteiger partial charge is 0.366 e. The summed E-state index contributed by atoms with van der Waals surface area (Å²) in [5.74, 6) is -1.16. The van der Waals surface area contributed by atoms with E-state index in [1.165, 1.54) is 24.3 Å². The summed E-state index contributed by atoms with van der Waals surface area (Å²) in [6.45, 7) is 0. The molecule has 0 saturated carbocycles. The number of hydrogen-bond donors (Lipinski definition) is 2. The Hall–Kier alpha value is -2.69. The van der Waals surface area contributed by atoms with E-state index in [1.54, 1.807) is 24.3 Å². The smallest absolute Gasteiger partial charge is 0.248 e. The van der Waals surface area contributed by atoms with Crippen LogP contribution in [0.2, 0.25) is 0 Å². The summed E-state index contributed by atoms with van der Waals surface area (Å²) in [5, 5.41) is 2.66. The normalized spacial score (nSPS) is 10.1.